The summed E-state index contributed by atoms with van der Waals surface area (Å²) in [5.74, 6) is -0.283. The largest absolute Gasteiger partial charge is 0.497 e. The lowest BCUT2D eigenvalue weighted by Gasteiger charge is -2.10. The highest BCUT2D eigenvalue weighted by Gasteiger charge is 2.17. The van der Waals surface area contributed by atoms with Crippen LogP contribution in [-0.2, 0) is 9.59 Å². The molecule has 0 spiro atoms. The van der Waals surface area contributed by atoms with Crippen molar-refractivity contribution in [3.63, 3.8) is 0 Å². The topological polar surface area (TPSA) is 101 Å². The highest BCUT2D eigenvalue weighted by molar-refractivity contribution is 7.15. The number of methoxy groups -OCH3 is 1. The number of thiophene rings is 1. The molecule has 8 heteroatoms. The molecule has 0 radical (unpaired) electrons. The number of hydrogen-bond acceptors (Lipinski definition) is 6. The number of aliphatic hydroxyl groups is 1. The van der Waals surface area contributed by atoms with E-state index in [1.165, 1.54) is 18.4 Å². The summed E-state index contributed by atoms with van der Waals surface area (Å²) in [6, 6.07) is 13.8. The first-order chi connectivity index (χ1) is 13.1. The molecule has 140 valence electrons. The van der Waals surface area contributed by atoms with E-state index in [0.717, 1.165) is 4.88 Å². The number of hydrogen-bond donors (Lipinski definition) is 3. The first-order valence-corrected chi connectivity index (χ1v) is 8.93. The van der Waals surface area contributed by atoms with E-state index < -0.39 is 17.9 Å². The van der Waals surface area contributed by atoms with Gasteiger partial charge in [0.05, 0.1) is 18.3 Å². The Morgan fingerprint density at radius 1 is 1.15 bits per heavy atom. The maximum atomic E-state index is 11.9. The molecule has 2 heterocycles. The van der Waals surface area contributed by atoms with Crippen LogP contribution < -0.4 is 15.4 Å². The normalized spacial score (nSPS) is 11.6. The molecule has 2 aromatic heterocycles. The molecule has 0 saturated carbocycles. The summed E-state index contributed by atoms with van der Waals surface area (Å²) < 4.78 is 10.3. The molecule has 0 aliphatic carbocycles. The monoisotopic (exact) mass is 386 g/mol. The fourth-order valence-electron chi connectivity index (χ4n) is 2.32. The van der Waals surface area contributed by atoms with E-state index in [9.17, 15) is 14.7 Å². The van der Waals surface area contributed by atoms with Crippen molar-refractivity contribution in [2.45, 2.75) is 6.10 Å². The number of rotatable bonds is 6. The van der Waals surface area contributed by atoms with Gasteiger partial charge >= 0.3 is 11.8 Å². The molecule has 0 fully saturated rings. The van der Waals surface area contributed by atoms with E-state index in [1.54, 1.807) is 42.7 Å². The molecular weight excluding hydrogens is 368 g/mol. The van der Waals surface area contributed by atoms with Crippen LogP contribution in [-0.4, -0.2) is 30.6 Å². The maximum Gasteiger partial charge on any atom is 0.313 e. The molecule has 0 bridgehead atoms. The molecule has 1 unspecified atom stereocenters. The molecule has 2 amide bonds. The van der Waals surface area contributed by atoms with Gasteiger partial charge in [0.2, 0.25) is 0 Å². The molecular formula is C19H18N2O5S. The first kappa shape index (κ1) is 18.7. The van der Waals surface area contributed by atoms with Crippen LogP contribution in [0.4, 0.5) is 5.69 Å². The Bertz CT molecular complexity index is 903. The lowest BCUT2D eigenvalue weighted by Crippen LogP contribution is -2.37. The maximum absolute atomic E-state index is 11.9. The molecule has 1 aromatic carbocycles. The molecule has 0 aliphatic rings. The van der Waals surface area contributed by atoms with Gasteiger partial charge in [0, 0.05) is 17.1 Å². The fraction of sp³-hybridized carbons (Fsp3) is 0.158. The number of ether oxygens (including phenoxy) is 1. The van der Waals surface area contributed by atoms with E-state index in [2.05, 4.69) is 10.6 Å². The van der Waals surface area contributed by atoms with Crippen molar-refractivity contribution in [3.8, 4) is 16.4 Å². The van der Waals surface area contributed by atoms with Gasteiger partial charge in [-0.2, -0.15) is 0 Å². The second kappa shape index (κ2) is 8.52. The summed E-state index contributed by atoms with van der Waals surface area (Å²) in [7, 11) is 1.54. The van der Waals surface area contributed by atoms with Crippen LogP contribution >= 0.6 is 11.3 Å². The van der Waals surface area contributed by atoms with Gasteiger partial charge in [0.1, 0.15) is 17.6 Å². The van der Waals surface area contributed by atoms with Gasteiger partial charge in [0.25, 0.3) is 0 Å². The number of carbonyl (C=O) groups is 2. The summed E-state index contributed by atoms with van der Waals surface area (Å²) in [4.78, 5) is 25.4. The summed E-state index contributed by atoms with van der Waals surface area (Å²) >= 11 is 1.36. The molecule has 7 nitrogen and oxygen atoms in total. The number of furan rings is 1. The van der Waals surface area contributed by atoms with Crippen LogP contribution in [0.1, 0.15) is 11.0 Å². The Balaban J connectivity index is 1.51. The van der Waals surface area contributed by atoms with Gasteiger partial charge in [-0.3, -0.25) is 9.59 Å². The lowest BCUT2D eigenvalue weighted by molar-refractivity contribution is -0.136. The second-order valence-corrected chi connectivity index (χ2v) is 6.70. The zero-order valence-electron chi connectivity index (χ0n) is 14.5. The Kier molecular flexibility index (Phi) is 5.90. The van der Waals surface area contributed by atoms with Crippen molar-refractivity contribution in [1.29, 1.82) is 0 Å². The van der Waals surface area contributed by atoms with Crippen LogP contribution in [0.25, 0.3) is 10.6 Å². The lowest BCUT2D eigenvalue weighted by atomic mass is 10.2. The van der Waals surface area contributed by atoms with Gasteiger partial charge in [-0.15, -0.1) is 11.3 Å². The van der Waals surface area contributed by atoms with Gasteiger partial charge in [0.15, 0.2) is 0 Å². The average molecular weight is 386 g/mol. The minimum Gasteiger partial charge on any atom is -0.497 e. The molecule has 3 N–H and O–H groups in total. The quantitative estimate of drug-likeness (QED) is 0.566. The van der Waals surface area contributed by atoms with E-state index in [-0.39, 0.29) is 6.54 Å². The first-order valence-electron chi connectivity index (χ1n) is 8.11. The zero-order valence-corrected chi connectivity index (χ0v) is 15.3. The Labute approximate surface area is 159 Å². The van der Waals surface area contributed by atoms with Crippen LogP contribution in [0.2, 0.25) is 0 Å². The predicted octanol–water partition coefficient (Wildman–Crippen LogP) is 2.81. The average Bonchev–Trinajstić information content (AvgIpc) is 3.37. The Hall–Kier alpha value is -3.10. The van der Waals surface area contributed by atoms with Gasteiger partial charge in [-0.1, -0.05) is 0 Å². The third-order valence-corrected chi connectivity index (χ3v) is 4.93. The minimum atomic E-state index is -0.920. The molecule has 27 heavy (non-hydrogen) atoms. The van der Waals surface area contributed by atoms with E-state index in [1.807, 2.05) is 12.1 Å². The summed E-state index contributed by atoms with van der Waals surface area (Å²) in [5, 5.41) is 15.1. The second-order valence-electron chi connectivity index (χ2n) is 5.59. The minimum absolute atomic E-state index is 0.0764. The smallest absolute Gasteiger partial charge is 0.313 e. The van der Waals surface area contributed by atoms with Crippen molar-refractivity contribution in [3.05, 3.63) is 59.7 Å². The number of anilines is 1. The van der Waals surface area contributed by atoms with Crippen molar-refractivity contribution < 1.29 is 23.8 Å². The molecule has 3 rings (SSSR count). The van der Waals surface area contributed by atoms with E-state index in [4.69, 9.17) is 9.15 Å². The van der Waals surface area contributed by atoms with Gasteiger partial charge < -0.3 is 24.9 Å². The third-order valence-electron chi connectivity index (χ3n) is 3.73. The van der Waals surface area contributed by atoms with Crippen molar-refractivity contribution in [2.24, 2.45) is 0 Å². The third kappa shape index (κ3) is 4.75. The van der Waals surface area contributed by atoms with Crippen molar-refractivity contribution in [2.75, 3.05) is 19.0 Å². The van der Waals surface area contributed by atoms with E-state index in [0.29, 0.717) is 22.1 Å². The number of nitrogens with one attached hydrogen (secondary N) is 2. The number of carbonyl (C=O) groups excluding carboxylic acids is 2. The van der Waals surface area contributed by atoms with Gasteiger partial charge in [-0.25, -0.2) is 0 Å². The van der Waals surface area contributed by atoms with Gasteiger partial charge in [-0.05, 0) is 48.5 Å². The van der Waals surface area contributed by atoms with Crippen LogP contribution in [0, 0.1) is 0 Å². The Morgan fingerprint density at radius 2 is 1.93 bits per heavy atom. The Morgan fingerprint density at radius 3 is 2.59 bits per heavy atom. The molecule has 1 atom stereocenters. The highest BCUT2D eigenvalue weighted by Crippen LogP contribution is 2.31. The van der Waals surface area contributed by atoms with Crippen LogP contribution in [0.5, 0.6) is 5.75 Å². The number of aliphatic hydroxyl groups excluding tert-OH is 1. The standard InChI is InChI=1S/C19H18N2O5S/c1-25-13-6-4-12(5-7-13)21-19(24)18(23)20-11-14(22)16-8-9-17(27-16)15-3-2-10-26-15/h2-10,14,22H,11H2,1H3,(H,20,23)(H,21,24). The highest BCUT2D eigenvalue weighted by atomic mass is 32.1. The summed E-state index contributed by atoms with van der Waals surface area (Å²) in [6.07, 6.45) is 0.656. The van der Waals surface area contributed by atoms with Crippen LogP contribution in [0.15, 0.2) is 59.2 Å². The van der Waals surface area contributed by atoms with Crippen LogP contribution in [0.3, 0.4) is 0 Å². The molecule has 3 aromatic rings. The van der Waals surface area contributed by atoms with Crippen molar-refractivity contribution in [1.82, 2.24) is 5.32 Å². The molecule has 0 aliphatic heterocycles. The zero-order chi connectivity index (χ0) is 19.2. The summed E-state index contributed by atoms with van der Waals surface area (Å²) in [6.45, 7) is -0.0764. The fourth-order valence-corrected chi connectivity index (χ4v) is 3.28. The summed E-state index contributed by atoms with van der Waals surface area (Å²) in [5.41, 5.74) is 0.470. The SMILES string of the molecule is COc1ccc(NC(=O)C(=O)NCC(O)c2ccc(-c3ccco3)s2)cc1. The molecule has 0 saturated heterocycles. The van der Waals surface area contributed by atoms with E-state index >= 15 is 0 Å². The van der Waals surface area contributed by atoms with Crippen molar-refractivity contribution >= 4 is 28.8 Å². The number of amides is 2. The predicted molar refractivity (Wildman–Crippen MR) is 102 cm³/mol. The number of benzene rings is 1.